The van der Waals surface area contributed by atoms with Crippen LogP contribution < -0.4 is 10.7 Å². The standard InChI is InChI=1S/C16H13ClN4O2/c1-9-6-22-16(23-9)15(8-19)12(10-3-2-4-11(17)5-10)14(15,7-18)13(20)21-16/h2-5,9,12H,6H2,1H3,(H2,20,21)/p+1/t9-,12+,14+,15+,16-/m0/s1. The number of ether oxygens (including phenoxy) is 2. The predicted octanol–water partition coefficient (Wildman–Crippen LogP) is -0.00234. The van der Waals surface area contributed by atoms with Gasteiger partial charge in [0.15, 0.2) is 10.8 Å². The number of nitrogens with two attached hydrogens (primary N) is 1. The number of nitriles is 2. The van der Waals surface area contributed by atoms with Gasteiger partial charge in [0.05, 0.1) is 24.8 Å². The predicted molar refractivity (Wildman–Crippen MR) is 79.7 cm³/mol. The first-order valence-electron chi connectivity index (χ1n) is 7.28. The van der Waals surface area contributed by atoms with Crippen molar-refractivity contribution in [3.63, 3.8) is 0 Å². The molecule has 7 heteroatoms. The summed E-state index contributed by atoms with van der Waals surface area (Å²) in [4.78, 5) is 2.93. The van der Waals surface area contributed by atoms with Gasteiger partial charge in [-0.2, -0.15) is 10.5 Å². The molecule has 2 heterocycles. The number of halogens is 1. The summed E-state index contributed by atoms with van der Waals surface area (Å²) < 4.78 is 11.7. The van der Waals surface area contributed by atoms with E-state index >= 15 is 0 Å². The molecule has 116 valence electrons. The van der Waals surface area contributed by atoms with Gasteiger partial charge in [-0.15, -0.1) is 0 Å². The van der Waals surface area contributed by atoms with Crippen molar-refractivity contribution in [2.45, 2.75) is 24.9 Å². The first kappa shape index (κ1) is 14.5. The van der Waals surface area contributed by atoms with Crippen molar-refractivity contribution in [2.75, 3.05) is 6.61 Å². The van der Waals surface area contributed by atoms with Crippen molar-refractivity contribution in [3.05, 3.63) is 34.9 Å². The third kappa shape index (κ3) is 1.38. The fourth-order valence-electron chi connectivity index (χ4n) is 4.15. The van der Waals surface area contributed by atoms with Crippen LogP contribution in [0.1, 0.15) is 18.4 Å². The SMILES string of the molecule is C[C@H]1CO[C@]2([NH+]=C(N)[C@@]3(C#N)[C@@H](c4cccc(Cl)c4)[C@@]23C#N)O1. The summed E-state index contributed by atoms with van der Waals surface area (Å²) in [6.45, 7) is 2.17. The molecule has 1 saturated heterocycles. The van der Waals surface area contributed by atoms with Gasteiger partial charge in [0.2, 0.25) is 0 Å². The molecule has 3 N–H and O–H groups in total. The molecule has 1 aliphatic carbocycles. The van der Waals surface area contributed by atoms with Gasteiger partial charge in [-0.3, -0.25) is 5.73 Å². The van der Waals surface area contributed by atoms with E-state index in [0.29, 0.717) is 11.6 Å². The Labute approximate surface area is 138 Å². The van der Waals surface area contributed by atoms with Crippen LogP contribution in [0.5, 0.6) is 0 Å². The molecule has 1 aromatic carbocycles. The topological polar surface area (TPSA) is 106 Å². The molecule has 1 aromatic rings. The molecule has 2 fully saturated rings. The summed E-state index contributed by atoms with van der Waals surface area (Å²) in [5.74, 6) is -1.65. The number of rotatable bonds is 1. The van der Waals surface area contributed by atoms with Gasteiger partial charge >= 0.3 is 5.91 Å². The van der Waals surface area contributed by atoms with Gasteiger partial charge in [-0.1, -0.05) is 23.7 Å². The van der Waals surface area contributed by atoms with Gasteiger partial charge in [-0.25, -0.2) is 4.99 Å². The van der Waals surface area contributed by atoms with E-state index in [1.54, 1.807) is 18.2 Å². The monoisotopic (exact) mass is 329 g/mol. The van der Waals surface area contributed by atoms with Gasteiger partial charge in [-0.05, 0) is 24.6 Å². The van der Waals surface area contributed by atoms with Gasteiger partial charge in [0.1, 0.15) is 0 Å². The fourth-order valence-corrected chi connectivity index (χ4v) is 4.35. The minimum absolute atomic E-state index is 0.198. The molecule has 0 radical (unpaired) electrons. The van der Waals surface area contributed by atoms with Crippen LogP contribution >= 0.6 is 11.6 Å². The van der Waals surface area contributed by atoms with Crippen LogP contribution in [-0.2, 0) is 9.47 Å². The molecule has 3 aliphatic rings. The van der Waals surface area contributed by atoms with Crippen LogP contribution in [0, 0.1) is 33.5 Å². The van der Waals surface area contributed by atoms with E-state index < -0.39 is 22.7 Å². The third-order valence-corrected chi connectivity index (χ3v) is 5.31. The minimum atomic E-state index is -1.39. The zero-order valence-electron chi connectivity index (χ0n) is 12.3. The lowest BCUT2D eigenvalue weighted by atomic mass is 9.94. The summed E-state index contributed by atoms with van der Waals surface area (Å²) in [7, 11) is 0. The summed E-state index contributed by atoms with van der Waals surface area (Å²) in [5.41, 5.74) is 4.47. The maximum absolute atomic E-state index is 9.99. The molecule has 5 atom stereocenters. The Morgan fingerprint density at radius 2 is 2.17 bits per heavy atom. The Bertz CT molecular complexity index is 828. The summed E-state index contributed by atoms with van der Waals surface area (Å²) in [6, 6.07) is 11.6. The molecule has 2 aliphatic heterocycles. The van der Waals surface area contributed by atoms with Crippen molar-refractivity contribution in [3.8, 4) is 12.1 Å². The summed E-state index contributed by atoms with van der Waals surface area (Å²) in [6.07, 6.45) is -0.198. The zero-order chi connectivity index (χ0) is 16.5. The lowest BCUT2D eigenvalue weighted by Gasteiger charge is -2.24. The second-order valence-corrected chi connectivity index (χ2v) is 6.66. The van der Waals surface area contributed by atoms with Crippen molar-refractivity contribution < 1.29 is 14.5 Å². The molecule has 1 spiro atoms. The average molecular weight is 330 g/mol. The Morgan fingerprint density at radius 1 is 1.39 bits per heavy atom. The smallest absolute Gasteiger partial charge is 0.311 e. The zero-order valence-corrected chi connectivity index (χ0v) is 13.1. The molecular weight excluding hydrogens is 316 g/mol. The molecule has 0 aromatic heterocycles. The number of benzene rings is 1. The highest BCUT2D eigenvalue weighted by atomic mass is 35.5. The van der Waals surface area contributed by atoms with Crippen LogP contribution in [0.3, 0.4) is 0 Å². The van der Waals surface area contributed by atoms with Crippen molar-refractivity contribution in [1.82, 2.24) is 0 Å². The van der Waals surface area contributed by atoms with Crippen LogP contribution in [0.15, 0.2) is 24.3 Å². The number of fused-ring (bicyclic) bond motifs is 2. The fraction of sp³-hybridized carbons (Fsp3) is 0.438. The highest BCUT2D eigenvalue weighted by Gasteiger charge is 2.97. The molecule has 0 bridgehead atoms. The first-order chi connectivity index (χ1) is 11.0. The normalized spacial score (nSPS) is 43.6. The number of hydrogen-bond donors (Lipinski definition) is 2. The third-order valence-electron chi connectivity index (χ3n) is 5.07. The van der Waals surface area contributed by atoms with Crippen molar-refractivity contribution in [2.24, 2.45) is 16.6 Å². The van der Waals surface area contributed by atoms with E-state index in [0.717, 1.165) is 5.56 Å². The molecular formula is C16H14ClN4O2+. The largest absolute Gasteiger partial charge is 0.343 e. The molecule has 23 heavy (non-hydrogen) atoms. The molecule has 4 rings (SSSR count). The summed E-state index contributed by atoms with van der Waals surface area (Å²) >= 11 is 6.08. The maximum atomic E-state index is 9.99. The maximum Gasteiger partial charge on any atom is 0.343 e. The van der Waals surface area contributed by atoms with Crippen LogP contribution in [0.2, 0.25) is 5.02 Å². The van der Waals surface area contributed by atoms with Crippen LogP contribution in [0.25, 0.3) is 0 Å². The van der Waals surface area contributed by atoms with E-state index in [-0.39, 0.29) is 11.9 Å². The number of nitrogens with one attached hydrogen (secondary N) is 1. The van der Waals surface area contributed by atoms with Crippen molar-refractivity contribution in [1.29, 1.82) is 10.5 Å². The number of amidine groups is 1. The van der Waals surface area contributed by atoms with E-state index in [9.17, 15) is 10.5 Å². The van der Waals surface area contributed by atoms with Gasteiger partial charge in [0.25, 0.3) is 5.84 Å². The van der Waals surface area contributed by atoms with Gasteiger partial charge < -0.3 is 9.47 Å². The minimum Gasteiger partial charge on any atom is -0.311 e. The Hall–Kier alpha value is -2.12. The first-order valence-corrected chi connectivity index (χ1v) is 7.66. The molecule has 0 unspecified atom stereocenters. The second-order valence-electron chi connectivity index (χ2n) is 6.22. The van der Waals surface area contributed by atoms with Crippen LogP contribution in [-0.4, -0.2) is 24.5 Å². The van der Waals surface area contributed by atoms with E-state index in [1.807, 2.05) is 13.0 Å². The number of hydrogen-bond acceptors (Lipinski definition) is 5. The Balaban J connectivity index is 1.93. The Morgan fingerprint density at radius 3 is 2.74 bits per heavy atom. The molecule has 0 amide bonds. The molecule has 1 saturated carbocycles. The summed E-state index contributed by atoms with van der Waals surface area (Å²) in [5, 5.41) is 20.4. The highest BCUT2D eigenvalue weighted by molar-refractivity contribution is 6.30. The second kappa shape index (κ2) is 4.24. The average Bonchev–Trinajstić information content (AvgIpc) is 2.93. The van der Waals surface area contributed by atoms with Crippen molar-refractivity contribution >= 4 is 17.4 Å². The quantitative estimate of drug-likeness (QED) is 0.754. The van der Waals surface area contributed by atoms with E-state index in [2.05, 4.69) is 17.1 Å². The molecule has 6 nitrogen and oxygen atoms in total. The lowest BCUT2D eigenvalue weighted by Crippen LogP contribution is -2.90. The van der Waals surface area contributed by atoms with E-state index in [4.69, 9.17) is 26.8 Å². The number of nitrogens with zero attached hydrogens (tertiary/aromatic N) is 2. The van der Waals surface area contributed by atoms with Crippen LogP contribution in [0.4, 0.5) is 0 Å². The Kier molecular flexibility index (Phi) is 2.67. The van der Waals surface area contributed by atoms with E-state index in [1.165, 1.54) is 0 Å². The van der Waals surface area contributed by atoms with Gasteiger partial charge in [0, 0.05) is 10.9 Å². The lowest BCUT2D eigenvalue weighted by molar-refractivity contribution is -0.677. The highest BCUT2D eigenvalue weighted by Crippen LogP contribution is 2.79.